The molecule has 1 aliphatic rings. The van der Waals surface area contributed by atoms with Crippen LogP contribution in [0, 0.1) is 19.8 Å². The molecule has 0 bridgehead atoms. The molecular weight excluding hydrogens is 258 g/mol. The van der Waals surface area contributed by atoms with Crippen molar-refractivity contribution in [2.24, 2.45) is 5.92 Å². The van der Waals surface area contributed by atoms with E-state index in [2.05, 4.69) is 46.9 Å². The van der Waals surface area contributed by atoms with Crippen molar-refractivity contribution in [3.05, 3.63) is 22.8 Å². The quantitative estimate of drug-likeness (QED) is 0.902. The lowest BCUT2D eigenvalue weighted by atomic mass is 9.82. The Labute approximate surface area is 130 Å². The van der Waals surface area contributed by atoms with E-state index in [1.165, 1.54) is 31.2 Å². The number of nitrogens with one attached hydrogen (secondary N) is 1. The monoisotopic (exact) mass is 289 g/mol. The van der Waals surface area contributed by atoms with Crippen molar-refractivity contribution in [1.82, 2.24) is 15.3 Å². The average molecular weight is 289 g/mol. The zero-order valence-electron chi connectivity index (χ0n) is 14.6. The minimum atomic E-state index is 0.121. The summed E-state index contributed by atoms with van der Waals surface area (Å²) in [5.74, 6) is 2.46. The Morgan fingerprint density at radius 3 is 2.24 bits per heavy atom. The normalized spacial score (nSPS) is 23.3. The highest BCUT2D eigenvalue weighted by Crippen LogP contribution is 2.34. The van der Waals surface area contributed by atoms with Crippen LogP contribution in [0.25, 0.3) is 0 Å². The minimum absolute atomic E-state index is 0.121. The van der Waals surface area contributed by atoms with Gasteiger partial charge < -0.3 is 5.32 Å². The molecule has 0 saturated heterocycles. The van der Waals surface area contributed by atoms with E-state index in [9.17, 15) is 0 Å². The van der Waals surface area contributed by atoms with E-state index in [0.29, 0.717) is 5.92 Å². The first kappa shape index (κ1) is 16.4. The summed E-state index contributed by atoms with van der Waals surface area (Å²) >= 11 is 0. The van der Waals surface area contributed by atoms with Crippen molar-refractivity contribution in [2.45, 2.75) is 85.2 Å². The lowest BCUT2D eigenvalue weighted by Crippen LogP contribution is -2.35. The molecule has 0 radical (unpaired) electrons. The van der Waals surface area contributed by atoms with Gasteiger partial charge in [-0.1, -0.05) is 19.8 Å². The van der Waals surface area contributed by atoms with Gasteiger partial charge in [0.2, 0.25) is 0 Å². The molecule has 3 nitrogen and oxygen atoms in total. The summed E-state index contributed by atoms with van der Waals surface area (Å²) < 4.78 is 0. The SMILES string of the molecule is Cc1nc(C2CCCC(C)C2)nc(C)c1CNC(C)(C)C. The zero-order valence-corrected chi connectivity index (χ0v) is 14.6. The molecular formula is C18H31N3. The van der Waals surface area contributed by atoms with Crippen molar-refractivity contribution in [2.75, 3.05) is 0 Å². The second-order valence-electron chi connectivity index (χ2n) is 7.80. The molecule has 0 aromatic carbocycles. The molecule has 1 aliphatic carbocycles. The third-order valence-corrected chi connectivity index (χ3v) is 4.54. The Balaban J connectivity index is 2.16. The molecule has 1 fully saturated rings. The van der Waals surface area contributed by atoms with Crippen LogP contribution in [0.1, 0.15) is 82.1 Å². The average Bonchev–Trinajstić information content (AvgIpc) is 2.36. The van der Waals surface area contributed by atoms with E-state index in [4.69, 9.17) is 9.97 Å². The fraction of sp³-hybridized carbons (Fsp3) is 0.778. The van der Waals surface area contributed by atoms with E-state index in [1.54, 1.807) is 0 Å². The summed E-state index contributed by atoms with van der Waals surface area (Å²) in [6.45, 7) is 14.0. The second kappa shape index (κ2) is 6.43. The Hall–Kier alpha value is -0.960. The number of nitrogens with zero attached hydrogens (tertiary/aromatic N) is 2. The van der Waals surface area contributed by atoms with Crippen molar-refractivity contribution < 1.29 is 0 Å². The molecule has 1 saturated carbocycles. The van der Waals surface area contributed by atoms with Crippen LogP contribution in [0.15, 0.2) is 0 Å². The first-order chi connectivity index (χ1) is 9.76. The first-order valence-electron chi connectivity index (χ1n) is 8.35. The summed E-state index contributed by atoms with van der Waals surface area (Å²) in [6.07, 6.45) is 5.18. The standard InChI is InChI=1S/C18H31N3/c1-12-8-7-9-15(10-12)17-20-13(2)16(14(3)21-17)11-19-18(4,5)6/h12,15,19H,7-11H2,1-6H3. The van der Waals surface area contributed by atoms with Crippen LogP contribution in [-0.4, -0.2) is 15.5 Å². The van der Waals surface area contributed by atoms with Gasteiger partial charge in [-0.25, -0.2) is 9.97 Å². The van der Waals surface area contributed by atoms with Crippen LogP contribution in [0.2, 0.25) is 0 Å². The van der Waals surface area contributed by atoms with Gasteiger partial charge in [-0.05, 0) is 53.4 Å². The van der Waals surface area contributed by atoms with Gasteiger partial charge in [-0.2, -0.15) is 0 Å². The maximum Gasteiger partial charge on any atom is 0.131 e. The van der Waals surface area contributed by atoms with Crippen LogP contribution < -0.4 is 5.32 Å². The summed E-state index contributed by atoms with van der Waals surface area (Å²) in [5, 5.41) is 3.55. The molecule has 0 aliphatic heterocycles. The second-order valence-corrected chi connectivity index (χ2v) is 7.80. The minimum Gasteiger partial charge on any atom is -0.308 e. The summed E-state index contributed by atoms with van der Waals surface area (Å²) in [6, 6.07) is 0. The van der Waals surface area contributed by atoms with Crippen molar-refractivity contribution >= 4 is 0 Å². The highest BCUT2D eigenvalue weighted by molar-refractivity contribution is 5.25. The number of aryl methyl sites for hydroxylation is 2. The third-order valence-electron chi connectivity index (χ3n) is 4.54. The largest absolute Gasteiger partial charge is 0.308 e. The van der Waals surface area contributed by atoms with Crippen LogP contribution in [0.5, 0.6) is 0 Å². The number of rotatable bonds is 3. The molecule has 0 spiro atoms. The van der Waals surface area contributed by atoms with E-state index in [-0.39, 0.29) is 5.54 Å². The van der Waals surface area contributed by atoms with Gasteiger partial charge in [-0.15, -0.1) is 0 Å². The smallest absolute Gasteiger partial charge is 0.131 e. The molecule has 2 atom stereocenters. The van der Waals surface area contributed by atoms with Crippen molar-refractivity contribution in [3.8, 4) is 0 Å². The number of hydrogen-bond acceptors (Lipinski definition) is 3. The molecule has 1 N–H and O–H groups in total. The topological polar surface area (TPSA) is 37.8 Å². The highest BCUT2D eigenvalue weighted by atomic mass is 15.0. The Morgan fingerprint density at radius 1 is 1.10 bits per heavy atom. The Morgan fingerprint density at radius 2 is 1.71 bits per heavy atom. The maximum absolute atomic E-state index is 4.84. The fourth-order valence-corrected chi connectivity index (χ4v) is 3.23. The summed E-state index contributed by atoms with van der Waals surface area (Å²) in [4.78, 5) is 9.68. The molecule has 0 amide bonds. The molecule has 1 heterocycles. The van der Waals surface area contributed by atoms with Crippen molar-refractivity contribution in [3.63, 3.8) is 0 Å². The molecule has 21 heavy (non-hydrogen) atoms. The molecule has 118 valence electrons. The van der Waals surface area contributed by atoms with Crippen LogP contribution >= 0.6 is 0 Å². The fourth-order valence-electron chi connectivity index (χ4n) is 3.23. The van der Waals surface area contributed by atoms with E-state index in [0.717, 1.165) is 29.7 Å². The Bertz CT molecular complexity index is 465. The van der Waals surface area contributed by atoms with Crippen LogP contribution in [-0.2, 0) is 6.54 Å². The molecule has 3 heteroatoms. The van der Waals surface area contributed by atoms with Gasteiger partial charge in [0, 0.05) is 35.0 Å². The predicted octanol–water partition coefficient (Wildman–Crippen LogP) is 4.28. The van der Waals surface area contributed by atoms with Gasteiger partial charge >= 0.3 is 0 Å². The number of aromatic nitrogens is 2. The van der Waals surface area contributed by atoms with Gasteiger partial charge in [0.25, 0.3) is 0 Å². The lowest BCUT2D eigenvalue weighted by molar-refractivity contribution is 0.334. The summed E-state index contributed by atoms with van der Waals surface area (Å²) in [7, 11) is 0. The zero-order chi connectivity index (χ0) is 15.6. The van der Waals surface area contributed by atoms with E-state index < -0.39 is 0 Å². The number of hydrogen-bond donors (Lipinski definition) is 1. The van der Waals surface area contributed by atoms with Gasteiger partial charge in [-0.3, -0.25) is 0 Å². The third kappa shape index (κ3) is 4.50. The molecule has 2 unspecified atom stereocenters. The van der Waals surface area contributed by atoms with E-state index in [1.807, 2.05) is 0 Å². The molecule has 1 aromatic heterocycles. The maximum atomic E-state index is 4.84. The highest BCUT2D eigenvalue weighted by Gasteiger charge is 2.24. The summed E-state index contributed by atoms with van der Waals surface area (Å²) in [5.41, 5.74) is 3.67. The van der Waals surface area contributed by atoms with Crippen molar-refractivity contribution in [1.29, 1.82) is 0 Å². The van der Waals surface area contributed by atoms with E-state index >= 15 is 0 Å². The van der Waals surface area contributed by atoms with Gasteiger partial charge in [0.05, 0.1) is 0 Å². The first-order valence-corrected chi connectivity index (χ1v) is 8.35. The van der Waals surface area contributed by atoms with Crippen LogP contribution in [0.4, 0.5) is 0 Å². The lowest BCUT2D eigenvalue weighted by Gasteiger charge is -2.27. The molecule has 1 aromatic rings. The van der Waals surface area contributed by atoms with Gasteiger partial charge in [0.1, 0.15) is 5.82 Å². The van der Waals surface area contributed by atoms with Gasteiger partial charge in [0.15, 0.2) is 0 Å². The predicted molar refractivity (Wildman–Crippen MR) is 88.5 cm³/mol. The molecule has 2 rings (SSSR count). The Kier molecular flexibility index (Phi) is 5.03. The van der Waals surface area contributed by atoms with Crippen LogP contribution in [0.3, 0.4) is 0 Å².